The van der Waals surface area contributed by atoms with Crippen molar-refractivity contribution in [3.05, 3.63) is 10.5 Å². The summed E-state index contributed by atoms with van der Waals surface area (Å²) >= 11 is 1.59. The molecule has 0 radical (unpaired) electrons. The Morgan fingerprint density at radius 2 is 2.46 bits per heavy atom. The summed E-state index contributed by atoms with van der Waals surface area (Å²) in [5.41, 5.74) is -0.156. The maximum atomic E-state index is 10.9. The second kappa shape index (κ2) is 5.08. The lowest BCUT2D eigenvalue weighted by atomic mass is 10.5. The second-order valence-electron chi connectivity index (χ2n) is 2.68. The molecule has 0 aliphatic carbocycles. The van der Waals surface area contributed by atoms with Crippen molar-refractivity contribution in [1.82, 2.24) is 20.1 Å². The van der Waals surface area contributed by atoms with Gasteiger partial charge in [-0.05, 0) is 20.0 Å². The fourth-order valence-electron chi connectivity index (χ4n) is 0.874. The lowest BCUT2D eigenvalue weighted by Crippen LogP contribution is -2.13. The van der Waals surface area contributed by atoms with E-state index in [4.69, 9.17) is 0 Å². The van der Waals surface area contributed by atoms with Crippen molar-refractivity contribution in [1.29, 1.82) is 0 Å². The number of nitrogens with one attached hydrogen (secondary N) is 2. The molecule has 0 unspecified atom stereocenters. The van der Waals surface area contributed by atoms with Crippen LogP contribution in [0.25, 0.3) is 0 Å². The van der Waals surface area contributed by atoms with E-state index in [-0.39, 0.29) is 5.69 Å². The standard InChI is InChI=1S/C7H14N4OS/c1-8-4-3-5-13-7-10-9-6(12)11(7)2/h8H,3-5H2,1-2H3,(H,9,12). The molecule has 0 aliphatic rings. The lowest BCUT2D eigenvalue weighted by molar-refractivity contribution is 0.756. The van der Waals surface area contributed by atoms with Crippen LogP contribution in [0.1, 0.15) is 6.42 Å². The first-order valence-corrected chi connectivity index (χ1v) is 5.13. The van der Waals surface area contributed by atoms with Crippen molar-refractivity contribution >= 4 is 11.8 Å². The van der Waals surface area contributed by atoms with Gasteiger partial charge in [0, 0.05) is 12.8 Å². The summed E-state index contributed by atoms with van der Waals surface area (Å²) in [5, 5.41) is 10.1. The largest absolute Gasteiger partial charge is 0.343 e. The first kappa shape index (κ1) is 10.3. The number of hydrogen-bond donors (Lipinski definition) is 2. The quantitative estimate of drug-likeness (QED) is 0.513. The molecule has 0 aliphatic heterocycles. The molecule has 74 valence electrons. The molecule has 13 heavy (non-hydrogen) atoms. The molecular weight excluding hydrogens is 188 g/mol. The van der Waals surface area contributed by atoms with Gasteiger partial charge in [-0.3, -0.25) is 4.57 Å². The Kier molecular flexibility index (Phi) is 4.04. The first-order chi connectivity index (χ1) is 6.25. The first-order valence-electron chi connectivity index (χ1n) is 4.14. The van der Waals surface area contributed by atoms with Crippen LogP contribution < -0.4 is 11.0 Å². The Balaban J connectivity index is 2.37. The van der Waals surface area contributed by atoms with Crippen LogP contribution in [0.3, 0.4) is 0 Å². The third-order valence-corrected chi connectivity index (χ3v) is 2.76. The molecule has 1 aromatic heterocycles. The topological polar surface area (TPSA) is 62.7 Å². The van der Waals surface area contributed by atoms with Crippen molar-refractivity contribution < 1.29 is 0 Å². The minimum Gasteiger partial charge on any atom is -0.320 e. The minimum atomic E-state index is -0.156. The molecule has 0 amide bonds. The molecule has 0 saturated carbocycles. The molecule has 0 fully saturated rings. The van der Waals surface area contributed by atoms with Gasteiger partial charge in [0.25, 0.3) is 0 Å². The SMILES string of the molecule is CNCCCSc1n[nH]c(=O)n1C. The number of thioether (sulfide) groups is 1. The summed E-state index contributed by atoms with van der Waals surface area (Å²) in [4.78, 5) is 10.9. The van der Waals surface area contributed by atoms with Gasteiger partial charge in [-0.2, -0.15) is 0 Å². The van der Waals surface area contributed by atoms with Gasteiger partial charge in [0.2, 0.25) is 0 Å². The molecule has 0 atom stereocenters. The highest BCUT2D eigenvalue weighted by Crippen LogP contribution is 2.12. The van der Waals surface area contributed by atoms with Crippen molar-refractivity contribution in [2.45, 2.75) is 11.6 Å². The molecule has 0 spiro atoms. The van der Waals surface area contributed by atoms with Gasteiger partial charge in [0.1, 0.15) is 0 Å². The van der Waals surface area contributed by atoms with E-state index in [0.29, 0.717) is 0 Å². The summed E-state index contributed by atoms with van der Waals surface area (Å²) < 4.78 is 1.52. The van der Waals surface area contributed by atoms with Gasteiger partial charge < -0.3 is 5.32 Å². The van der Waals surface area contributed by atoms with Gasteiger partial charge in [-0.15, -0.1) is 5.10 Å². The van der Waals surface area contributed by atoms with Crippen molar-refractivity contribution in [2.75, 3.05) is 19.3 Å². The molecule has 0 saturated heterocycles. The Hall–Kier alpha value is -0.750. The fraction of sp³-hybridized carbons (Fsp3) is 0.714. The normalized spacial score (nSPS) is 10.6. The number of H-pyrrole nitrogens is 1. The Morgan fingerprint density at radius 1 is 1.69 bits per heavy atom. The molecule has 5 nitrogen and oxygen atoms in total. The Labute approximate surface area is 80.9 Å². The van der Waals surface area contributed by atoms with E-state index < -0.39 is 0 Å². The predicted octanol–water partition coefficient (Wildman–Crippen LogP) is -0.190. The molecule has 1 rings (SSSR count). The Morgan fingerprint density at radius 3 is 3.00 bits per heavy atom. The van der Waals surface area contributed by atoms with Crippen LogP contribution in [0.2, 0.25) is 0 Å². The molecule has 0 aromatic carbocycles. The molecule has 6 heteroatoms. The number of aromatic amines is 1. The number of nitrogens with zero attached hydrogens (tertiary/aromatic N) is 2. The van der Waals surface area contributed by atoms with E-state index in [1.54, 1.807) is 18.8 Å². The highest BCUT2D eigenvalue weighted by molar-refractivity contribution is 7.99. The van der Waals surface area contributed by atoms with Crippen LogP contribution in [0, 0.1) is 0 Å². The third kappa shape index (κ3) is 2.89. The summed E-state index contributed by atoms with van der Waals surface area (Å²) in [6, 6.07) is 0. The molecular formula is C7H14N4OS. The molecule has 1 aromatic rings. The number of rotatable bonds is 5. The highest BCUT2D eigenvalue weighted by atomic mass is 32.2. The molecule has 1 heterocycles. The van der Waals surface area contributed by atoms with E-state index in [0.717, 1.165) is 23.9 Å². The van der Waals surface area contributed by atoms with Crippen LogP contribution in [0.5, 0.6) is 0 Å². The number of hydrogen-bond acceptors (Lipinski definition) is 4. The second-order valence-corrected chi connectivity index (χ2v) is 3.74. The van der Waals surface area contributed by atoms with Gasteiger partial charge in [-0.1, -0.05) is 11.8 Å². The Bertz CT molecular complexity index is 306. The summed E-state index contributed by atoms with van der Waals surface area (Å²) in [7, 11) is 3.64. The fourth-order valence-corrected chi connectivity index (χ4v) is 1.73. The lowest BCUT2D eigenvalue weighted by Gasteiger charge is -1.99. The van der Waals surface area contributed by atoms with E-state index >= 15 is 0 Å². The predicted molar refractivity (Wildman–Crippen MR) is 53.1 cm³/mol. The smallest absolute Gasteiger partial charge is 0.320 e. The van der Waals surface area contributed by atoms with Crippen molar-refractivity contribution in [3.8, 4) is 0 Å². The third-order valence-electron chi connectivity index (χ3n) is 1.64. The van der Waals surface area contributed by atoms with Gasteiger partial charge >= 0.3 is 5.69 Å². The van der Waals surface area contributed by atoms with Gasteiger partial charge in [0.15, 0.2) is 5.16 Å². The van der Waals surface area contributed by atoms with Crippen LogP contribution in [-0.2, 0) is 7.05 Å². The van der Waals surface area contributed by atoms with E-state index in [9.17, 15) is 4.79 Å². The van der Waals surface area contributed by atoms with Gasteiger partial charge in [-0.25, -0.2) is 9.89 Å². The summed E-state index contributed by atoms with van der Waals surface area (Å²) in [6.07, 6.45) is 1.07. The van der Waals surface area contributed by atoms with E-state index in [1.165, 1.54) is 4.57 Å². The molecule has 2 N–H and O–H groups in total. The average molecular weight is 202 g/mol. The van der Waals surface area contributed by atoms with Crippen LogP contribution >= 0.6 is 11.8 Å². The maximum Gasteiger partial charge on any atom is 0.343 e. The summed E-state index contributed by atoms with van der Waals surface area (Å²) in [5.74, 6) is 0.971. The van der Waals surface area contributed by atoms with Crippen LogP contribution in [0.4, 0.5) is 0 Å². The van der Waals surface area contributed by atoms with E-state index in [1.807, 2.05) is 7.05 Å². The van der Waals surface area contributed by atoms with Crippen LogP contribution in [-0.4, -0.2) is 34.1 Å². The highest BCUT2D eigenvalue weighted by Gasteiger charge is 2.02. The van der Waals surface area contributed by atoms with Gasteiger partial charge in [0.05, 0.1) is 0 Å². The van der Waals surface area contributed by atoms with E-state index in [2.05, 4.69) is 15.5 Å². The monoisotopic (exact) mass is 202 g/mol. The molecule has 0 bridgehead atoms. The number of aromatic nitrogens is 3. The zero-order valence-electron chi connectivity index (χ0n) is 7.83. The zero-order chi connectivity index (χ0) is 9.68. The van der Waals surface area contributed by atoms with Crippen molar-refractivity contribution in [2.24, 2.45) is 7.05 Å². The average Bonchev–Trinajstić information content (AvgIpc) is 2.43. The van der Waals surface area contributed by atoms with Crippen LogP contribution in [0.15, 0.2) is 9.95 Å². The minimum absolute atomic E-state index is 0.156. The van der Waals surface area contributed by atoms with Crippen molar-refractivity contribution in [3.63, 3.8) is 0 Å². The summed E-state index contributed by atoms with van der Waals surface area (Å²) in [6.45, 7) is 0.991. The maximum absolute atomic E-state index is 10.9. The zero-order valence-corrected chi connectivity index (χ0v) is 8.65.